The van der Waals surface area contributed by atoms with Crippen molar-refractivity contribution < 1.29 is 22.3 Å². The molecule has 1 aromatic heterocycles. The van der Waals surface area contributed by atoms with Crippen LogP contribution in [0.3, 0.4) is 0 Å². The van der Waals surface area contributed by atoms with Gasteiger partial charge in [0.05, 0.1) is 17.5 Å². The van der Waals surface area contributed by atoms with Crippen LogP contribution in [-0.2, 0) is 12.8 Å². The fraction of sp³-hybridized carbons (Fsp3) is 0.125. The van der Waals surface area contributed by atoms with Crippen LogP contribution in [0.5, 0.6) is 5.75 Å². The molecule has 0 aliphatic heterocycles. The van der Waals surface area contributed by atoms with Gasteiger partial charge in [-0.15, -0.1) is 0 Å². The summed E-state index contributed by atoms with van der Waals surface area (Å²) in [6, 6.07) is 15.2. The molecule has 0 aliphatic rings. The predicted octanol–water partition coefficient (Wildman–Crippen LogP) is 7.55. The Labute approximate surface area is 190 Å². The van der Waals surface area contributed by atoms with Gasteiger partial charge in [-0.2, -0.15) is 13.2 Å². The maximum absolute atomic E-state index is 14.0. The summed E-state index contributed by atoms with van der Waals surface area (Å²) in [5.41, 5.74) is 2.71. The van der Waals surface area contributed by atoms with Gasteiger partial charge in [0.15, 0.2) is 0 Å². The number of rotatable bonds is 5. The number of nitrogens with one attached hydrogen (secondary N) is 1. The lowest BCUT2D eigenvalue weighted by Crippen LogP contribution is -2.04. The lowest BCUT2D eigenvalue weighted by Gasteiger charge is -2.11. The zero-order chi connectivity index (χ0) is 22.9. The van der Waals surface area contributed by atoms with Crippen molar-refractivity contribution in [1.29, 1.82) is 0 Å². The van der Waals surface area contributed by atoms with Crippen molar-refractivity contribution in [2.24, 2.45) is 0 Å². The van der Waals surface area contributed by atoms with Crippen LogP contribution in [0.1, 0.15) is 16.7 Å². The standard InChI is InChI=1S/C24H17BrF4N2O/c1-14-10-16(5-9-22(14)32-13-17-4-8-19(25)11-20(17)26)21-12-30-23(31-21)15-2-6-18(7-3-15)24(27,28)29/h2-12H,13H2,1H3,(H,30,31). The summed E-state index contributed by atoms with van der Waals surface area (Å²) in [6.45, 7) is 1.98. The van der Waals surface area contributed by atoms with E-state index in [1.807, 2.05) is 19.1 Å². The molecule has 0 saturated carbocycles. The predicted molar refractivity (Wildman–Crippen MR) is 118 cm³/mol. The normalized spacial score (nSPS) is 11.6. The Morgan fingerprint density at radius 2 is 1.69 bits per heavy atom. The summed E-state index contributed by atoms with van der Waals surface area (Å²) in [4.78, 5) is 7.42. The second kappa shape index (κ2) is 8.78. The number of ether oxygens (including phenoxy) is 1. The van der Waals surface area contributed by atoms with Gasteiger partial charge < -0.3 is 9.72 Å². The van der Waals surface area contributed by atoms with Crippen molar-refractivity contribution in [3.05, 3.63) is 93.8 Å². The number of hydrogen-bond acceptors (Lipinski definition) is 2. The molecule has 8 heteroatoms. The van der Waals surface area contributed by atoms with Crippen molar-refractivity contribution in [2.45, 2.75) is 19.7 Å². The third-order valence-corrected chi connectivity index (χ3v) is 5.44. The van der Waals surface area contributed by atoms with Gasteiger partial charge >= 0.3 is 6.18 Å². The first-order valence-corrected chi connectivity index (χ1v) is 10.4. The van der Waals surface area contributed by atoms with Gasteiger partial charge in [0.2, 0.25) is 0 Å². The van der Waals surface area contributed by atoms with Crippen molar-refractivity contribution in [3.8, 4) is 28.4 Å². The largest absolute Gasteiger partial charge is 0.489 e. The van der Waals surface area contributed by atoms with Crippen molar-refractivity contribution in [3.63, 3.8) is 0 Å². The molecule has 0 saturated heterocycles. The average Bonchev–Trinajstić information content (AvgIpc) is 3.24. The molecule has 3 aromatic carbocycles. The molecule has 1 N–H and O–H groups in total. The van der Waals surface area contributed by atoms with Crippen LogP contribution in [0.25, 0.3) is 22.6 Å². The Bertz CT molecular complexity index is 1250. The molecule has 0 radical (unpaired) electrons. The summed E-state index contributed by atoms with van der Waals surface area (Å²) < 4.78 is 58.7. The number of hydrogen-bond donors (Lipinski definition) is 1. The van der Waals surface area contributed by atoms with Crippen LogP contribution in [0.15, 0.2) is 71.3 Å². The molecular weight excluding hydrogens is 488 g/mol. The first kappa shape index (κ1) is 22.1. The molecule has 32 heavy (non-hydrogen) atoms. The van der Waals surface area contributed by atoms with Crippen molar-refractivity contribution >= 4 is 15.9 Å². The van der Waals surface area contributed by atoms with E-state index in [-0.39, 0.29) is 12.4 Å². The van der Waals surface area contributed by atoms with Gasteiger partial charge in [-0.1, -0.05) is 34.1 Å². The molecule has 1 heterocycles. The van der Waals surface area contributed by atoms with E-state index in [0.717, 1.165) is 23.3 Å². The van der Waals surface area contributed by atoms with Gasteiger partial charge in [0.1, 0.15) is 24.0 Å². The molecule has 3 nitrogen and oxygen atoms in total. The third-order valence-electron chi connectivity index (χ3n) is 4.95. The Kier molecular flexibility index (Phi) is 6.06. The fourth-order valence-electron chi connectivity index (χ4n) is 3.20. The van der Waals surface area contributed by atoms with Gasteiger partial charge in [-0.3, -0.25) is 0 Å². The van der Waals surface area contributed by atoms with Gasteiger partial charge in [-0.25, -0.2) is 9.37 Å². The lowest BCUT2D eigenvalue weighted by molar-refractivity contribution is -0.137. The zero-order valence-electron chi connectivity index (χ0n) is 16.8. The van der Waals surface area contributed by atoms with Crippen molar-refractivity contribution in [2.75, 3.05) is 0 Å². The maximum Gasteiger partial charge on any atom is 0.416 e. The summed E-state index contributed by atoms with van der Waals surface area (Å²) in [6.07, 6.45) is -2.75. The van der Waals surface area contributed by atoms with Gasteiger partial charge in [-0.05, 0) is 55.0 Å². The van der Waals surface area contributed by atoms with E-state index in [1.54, 1.807) is 24.4 Å². The minimum Gasteiger partial charge on any atom is -0.489 e. The minimum atomic E-state index is -4.38. The molecule has 0 amide bonds. The number of halogens is 5. The summed E-state index contributed by atoms with van der Waals surface area (Å²) in [5, 5.41) is 0. The van der Waals surface area contributed by atoms with E-state index in [2.05, 4.69) is 25.9 Å². The molecule has 0 aliphatic carbocycles. The second-order valence-electron chi connectivity index (χ2n) is 7.23. The van der Waals surface area contributed by atoms with E-state index >= 15 is 0 Å². The molecule has 4 aromatic rings. The lowest BCUT2D eigenvalue weighted by atomic mass is 10.1. The van der Waals surface area contributed by atoms with Crippen LogP contribution >= 0.6 is 15.9 Å². The number of H-pyrrole nitrogens is 1. The Morgan fingerprint density at radius 3 is 2.34 bits per heavy atom. The highest BCUT2D eigenvalue weighted by atomic mass is 79.9. The highest BCUT2D eigenvalue weighted by molar-refractivity contribution is 9.10. The van der Waals surface area contributed by atoms with Gasteiger partial charge in [0, 0.05) is 21.2 Å². The summed E-state index contributed by atoms with van der Waals surface area (Å²) >= 11 is 3.23. The smallest absolute Gasteiger partial charge is 0.416 e. The van der Waals surface area contributed by atoms with E-state index in [4.69, 9.17) is 4.74 Å². The van der Waals surface area contributed by atoms with E-state index in [0.29, 0.717) is 32.9 Å². The molecular formula is C24H17BrF4N2O. The fourth-order valence-corrected chi connectivity index (χ4v) is 3.54. The number of nitrogens with zero attached hydrogens (tertiary/aromatic N) is 1. The van der Waals surface area contributed by atoms with E-state index < -0.39 is 11.7 Å². The van der Waals surface area contributed by atoms with E-state index in [9.17, 15) is 17.6 Å². The topological polar surface area (TPSA) is 37.9 Å². The first-order valence-electron chi connectivity index (χ1n) is 9.61. The number of alkyl halides is 3. The van der Waals surface area contributed by atoms with Crippen LogP contribution in [0, 0.1) is 12.7 Å². The highest BCUT2D eigenvalue weighted by Crippen LogP contribution is 2.31. The zero-order valence-corrected chi connectivity index (χ0v) is 18.4. The number of imidazole rings is 1. The second-order valence-corrected chi connectivity index (χ2v) is 8.14. The highest BCUT2D eigenvalue weighted by Gasteiger charge is 2.30. The molecule has 0 atom stereocenters. The third kappa shape index (κ3) is 4.85. The molecule has 0 unspecified atom stereocenters. The number of benzene rings is 3. The first-order chi connectivity index (χ1) is 15.2. The maximum atomic E-state index is 14.0. The molecule has 164 valence electrons. The quantitative estimate of drug-likeness (QED) is 0.285. The minimum absolute atomic E-state index is 0.0986. The van der Waals surface area contributed by atoms with Crippen LogP contribution in [0.2, 0.25) is 0 Å². The number of aromatic amines is 1. The average molecular weight is 505 g/mol. The SMILES string of the molecule is Cc1cc(-c2cnc(-c3ccc(C(F)(F)F)cc3)[nH]2)ccc1OCc1ccc(Br)cc1F. The van der Waals surface area contributed by atoms with Crippen molar-refractivity contribution in [1.82, 2.24) is 9.97 Å². The van der Waals surface area contributed by atoms with Gasteiger partial charge in [0.25, 0.3) is 0 Å². The van der Waals surface area contributed by atoms with Crippen LogP contribution in [-0.4, -0.2) is 9.97 Å². The molecule has 0 bridgehead atoms. The molecule has 4 rings (SSSR count). The summed E-state index contributed by atoms with van der Waals surface area (Å²) in [7, 11) is 0. The Morgan fingerprint density at radius 1 is 0.969 bits per heavy atom. The Hall–Kier alpha value is -3.13. The number of aromatic nitrogens is 2. The van der Waals surface area contributed by atoms with Crippen LogP contribution < -0.4 is 4.74 Å². The Balaban J connectivity index is 1.49. The molecule has 0 fully saturated rings. The van der Waals surface area contributed by atoms with E-state index in [1.165, 1.54) is 18.2 Å². The van der Waals surface area contributed by atoms with Crippen LogP contribution in [0.4, 0.5) is 17.6 Å². The monoisotopic (exact) mass is 504 g/mol. The molecule has 0 spiro atoms. The summed E-state index contributed by atoms with van der Waals surface area (Å²) in [5.74, 6) is 0.748. The number of aryl methyl sites for hydroxylation is 1.